The number of aryl methyl sites for hydroxylation is 1. The van der Waals surface area contributed by atoms with Gasteiger partial charge in [0.1, 0.15) is 11.8 Å². The van der Waals surface area contributed by atoms with Gasteiger partial charge in [0, 0.05) is 24.5 Å². The summed E-state index contributed by atoms with van der Waals surface area (Å²) in [6.07, 6.45) is 1.19. The third kappa shape index (κ3) is 7.09. The predicted molar refractivity (Wildman–Crippen MR) is 136 cm³/mol. The second-order valence-electron chi connectivity index (χ2n) is 8.16. The second-order valence-corrected chi connectivity index (χ2v) is 8.57. The summed E-state index contributed by atoms with van der Waals surface area (Å²) in [6, 6.07) is 23.9. The number of carbonyl (C=O) groups is 2. The van der Waals surface area contributed by atoms with Crippen molar-refractivity contribution >= 4 is 23.4 Å². The Morgan fingerprint density at radius 1 is 0.971 bits per heavy atom. The molecule has 0 bridgehead atoms. The van der Waals surface area contributed by atoms with Crippen LogP contribution in [0.15, 0.2) is 78.9 Å². The van der Waals surface area contributed by atoms with Gasteiger partial charge in [-0.2, -0.15) is 0 Å². The Morgan fingerprint density at radius 3 is 2.35 bits per heavy atom. The molecule has 0 radical (unpaired) electrons. The normalized spacial score (nSPS) is 11.5. The van der Waals surface area contributed by atoms with Gasteiger partial charge in [0.05, 0.1) is 0 Å². The lowest BCUT2D eigenvalue weighted by Crippen LogP contribution is -2.51. The first-order valence-corrected chi connectivity index (χ1v) is 11.9. The van der Waals surface area contributed by atoms with Crippen molar-refractivity contribution in [2.45, 2.75) is 39.3 Å². The molecule has 34 heavy (non-hydrogen) atoms. The van der Waals surface area contributed by atoms with Crippen LogP contribution in [0.1, 0.15) is 30.0 Å². The highest BCUT2D eigenvalue weighted by atomic mass is 35.5. The Morgan fingerprint density at radius 2 is 1.65 bits per heavy atom. The topological polar surface area (TPSA) is 58.6 Å². The van der Waals surface area contributed by atoms with Crippen LogP contribution >= 0.6 is 11.6 Å². The lowest BCUT2D eigenvalue weighted by Gasteiger charge is -2.31. The number of para-hydroxylation sites is 1. The molecule has 3 aromatic carbocycles. The maximum Gasteiger partial charge on any atom is 0.261 e. The minimum atomic E-state index is -0.710. The van der Waals surface area contributed by atoms with Gasteiger partial charge in [0.2, 0.25) is 5.91 Å². The van der Waals surface area contributed by atoms with E-state index in [0.717, 1.165) is 23.1 Å². The van der Waals surface area contributed by atoms with Crippen LogP contribution in [-0.2, 0) is 22.6 Å². The summed E-state index contributed by atoms with van der Waals surface area (Å²) in [5, 5.41) is 3.51. The number of hydrogen-bond donors (Lipinski definition) is 1. The minimum absolute atomic E-state index is 0.179. The van der Waals surface area contributed by atoms with Crippen molar-refractivity contribution in [2.75, 3.05) is 13.2 Å². The van der Waals surface area contributed by atoms with Crippen LogP contribution in [0.2, 0.25) is 5.02 Å². The van der Waals surface area contributed by atoms with Crippen molar-refractivity contribution in [3.8, 4) is 5.75 Å². The van der Waals surface area contributed by atoms with Crippen LogP contribution in [0.5, 0.6) is 5.75 Å². The number of nitrogens with one attached hydrogen (secondary N) is 1. The molecule has 0 heterocycles. The third-order valence-electron chi connectivity index (χ3n) is 5.56. The molecule has 0 spiro atoms. The quantitative estimate of drug-likeness (QED) is 0.412. The van der Waals surface area contributed by atoms with Crippen LogP contribution in [-0.4, -0.2) is 35.9 Å². The Kier molecular flexibility index (Phi) is 9.53. The van der Waals surface area contributed by atoms with E-state index in [2.05, 4.69) is 5.32 Å². The van der Waals surface area contributed by atoms with Gasteiger partial charge in [-0.15, -0.1) is 0 Å². The molecule has 0 saturated heterocycles. The van der Waals surface area contributed by atoms with Crippen molar-refractivity contribution < 1.29 is 14.3 Å². The number of benzene rings is 3. The Hall–Kier alpha value is -3.31. The van der Waals surface area contributed by atoms with E-state index in [1.807, 2.05) is 86.6 Å². The predicted octanol–water partition coefficient (Wildman–Crippen LogP) is 5.19. The van der Waals surface area contributed by atoms with E-state index in [-0.39, 0.29) is 25.0 Å². The molecule has 6 heteroatoms. The highest BCUT2D eigenvalue weighted by molar-refractivity contribution is 6.31. The first-order chi connectivity index (χ1) is 16.5. The standard InChI is InChI=1S/C28H31ClN2O3/c1-3-17-30-28(33)25(18-22-12-5-4-6-13-22)31(19-23-14-8-9-15-24(23)29)27(32)20-34-26-16-10-7-11-21(26)2/h4-16,25H,3,17-20H2,1-2H3,(H,30,33)/t25-/m1/s1. The molecule has 0 unspecified atom stereocenters. The van der Waals surface area contributed by atoms with Gasteiger partial charge < -0.3 is 15.0 Å². The summed E-state index contributed by atoms with van der Waals surface area (Å²) in [5.74, 6) is 0.168. The second kappa shape index (κ2) is 12.8. The molecule has 3 aromatic rings. The van der Waals surface area contributed by atoms with E-state index in [4.69, 9.17) is 16.3 Å². The SMILES string of the molecule is CCCNC(=O)[C@@H](Cc1ccccc1)N(Cc1ccccc1Cl)C(=O)COc1ccccc1C. The molecule has 3 rings (SSSR count). The molecule has 0 saturated carbocycles. The average molecular weight is 479 g/mol. The van der Waals surface area contributed by atoms with Crippen LogP contribution < -0.4 is 10.1 Å². The molecule has 178 valence electrons. The molecule has 0 aromatic heterocycles. The van der Waals surface area contributed by atoms with Crippen molar-refractivity contribution in [3.05, 3.63) is 101 Å². The molecule has 0 fully saturated rings. The molecule has 0 aliphatic carbocycles. The van der Waals surface area contributed by atoms with E-state index < -0.39 is 6.04 Å². The zero-order valence-electron chi connectivity index (χ0n) is 19.7. The summed E-state index contributed by atoms with van der Waals surface area (Å²) in [5.41, 5.74) is 2.68. The first-order valence-electron chi connectivity index (χ1n) is 11.5. The van der Waals surface area contributed by atoms with Crippen molar-refractivity contribution in [3.63, 3.8) is 0 Å². The van der Waals surface area contributed by atoms with Crippen molar-refractivity contribution in [2.24, 2.45) is 0 Å². The van der Waals surface area contributed by atoms with E-state index >= 15 is 0 Å². The average Bonchev–Trinajstić information content (AvgIpc) is 2.85. The Labute approximate surface area is 206 Å². The van der Waals surface area contributed by atoms with Gasteiger partial charge in [-0.25, -0.2) is 0 Å². The third-order valence-corrected chi connectivity index (χ3v) is 5.93. The molecule has 1 N–H and O–H groups in total. The van der Waals surface area contributed by atoms with Gasteiger partial charge in [-0.1, -0.05) is 85.3 Å². The monoisotopic (exact) mass is 478 g/mol. The Bertz CT molecular complexity index is 1090. The summed E-state index contributed by atoms with van der Waals surface area (Å²) < 4.78 is 5.85. The summed E-state index contributed by atoms with van der Waals surface area (Å²) in [6.45, 7) is 4.49. The lowest BCUT2D eigenvalue weighted by atomic mass is 10.0. The highest BCUT2D eigenvalue weighted by Gasteiger charge is 2.31. The molecular weight excluding hydrogens is 448 g/mol. The van der Waals surface area contributed by atoms with Crippen LogP contribution in [0, 0.1) is 6.92 Å². The van der Waals surface area contributed by atoms with Crippen molar-refractivity contribution in [1.82, 2.24) is 10.2 Å². The number of hydrogen-bond acceptors (Lipinski definition) is 3. The largest absolute Gasteiger partial charge is 0.484 e. The molecule has 5 nitrogen and oxygen atoms in total. The number of carbonyl (C=O) groups excluding carboxylic acids is 2. The highest BCUT2D eigenvalue weighted by Crippen LogP contribution is 2.21. The summed E-state index contributed by atoms with van der Waals surface area (Å²) >= 11 is 6.43. The molecule has 0 aliphatic rings. The minimum Gasteiger partial charge on any atom is -0.484 e. The fourth-order valence-electron chi connectivity index (χ4n) is 3.67. The van der Waals surface area contributed by atoms with E-state index in [1.54, 1.807) is 11.0 Å². The van der Waals surface area contributed by atoms with Crippen LogP contribution in [0.3, 0.4) is 0 Å². The van der Waals surface area contributed by atoms with Crippen LogP contribution in [0.4, 0.5) is 0 Å². The van der Waals surface area contributed by atoms with Crippen molar-refractivity contribution in [1.29, 1.82) is 0 Å². The van der Waals surface area contributed by atoms with Gasteiger partial charge in [-0.05, 0) is 42.2 Å². The number of rotatable bonds is 11. The zero-order valence-corrected chi connectivity index (χ0v) is 20.4. The van der Waals surface area contributed by atoms with E-state index in [9.17, 15) is 9.59 Å². The van der Waals surface area contributed by atoms with Gasteiger partial charge in [-0.3, -0.25) is 9.59 Å². The van der Waals surface area contributed by atoms with E-state index in [0.29, 0.717) is 23.7 Å². The lowest BCUT2D eigenvalue weighted by molar-refractivity contribution is -0.142. The molecule has 2 amide bonds. The van der Waals surface area contributed by atoms with Gasteiger partial charge in [0.25, 0.3) is 5.91 Å². The smallest absolute Gasteiger partial charge is 0.261 e. The Balaban J connectivity index is 1.91. The maximum atomic E-state index is 13.5. The summed E-state index contributed by atoms with van der Waals surface area (Å²) in [7, 11) is 0. The number of nitrogens with zero attached hydrogens (tertiary/aromatic N) is 1. The fraction of sp³-hybridized carbons (Fsp3) is 0.286. The van der Waals surface area contributed by atoms with E-state index in [1.165, 1.54) is 0 Å². The molecular formula is C28H31ClN2O3. The van der Waals surface area contributed by atoms with Crippen LogP contribution in [0.25, 0.3) is 0 Å². The first kappa shape index (κ1) is 25.3. The molecule has 0 aliphatic heterocycles. The van der Waals surface area contributed by atoms with Gasteiger partial charge >= 0.3 is 0 Å². The number of ether oxygens (including phenoxy) is 1. The maximum absolute atomic E-state index is 13.5. The fourth-order valence-corrected chi connectivity index (χ4v) is 3.87. The zero-order chi connectivity index (χ0) is 24.3. The number of amides is 2. The summed E-state index contributed by atoms with van der Waals surface area (Å²) in [4.78, 5) is 28.4. The number of halogens is 1. The van der Waals surface area contributed by atoms with Gasteiger partial charge in [0.15, 0.2) is 6.61 Å². The molecule has 1 atom stereocenters.